The van der Waals surface area contributed by atoms with Gasteiger partial charge in [-0.2, -0.15) is 0 Å². The van der Waals surface area contributed by atoms with Gasteiger partial charge >= 0.3 is 0 Å². The van der Waals surface area contributed by atoms with Gasteiger partial charge in [-0.05, 0) is 63.1 Å². The van der Waals surface area contributed by atoms with E-state index < -0.39 is 10.0 Å². The molecular formula is C22H23N3O5S2. The minimum atomic E-state index is -3.78. The quantitative estimate of drug-likeness (QED) is 0.463. The topological polar surface area (TPSA) is 111 Å². The Morgan fingerprint density at radius 3 is 2.78 bits per heavy atom. The van der Waals surface area contributed by atoms with Crippen LogP contribution in [0.25, 0.3) is 12.2 Å². The zero-order chi connectivity index (χ0) is 22.7. The van der Waals surface area contributed by atoms with Crippen LogP contribution in [0.5, 0.6) is 5.75 Å². The van der Waals surface area contributed by atoms with Gasteiger partial charge in [-0.25, -0.2) is 8.42 Å². The fourth-order valence-electron chi connectivity index (χ4n) is 2.98. The average Bonchev–Trinajstić information content (AvgIpc) is 3.41. The molecule has 0 saturated heterocycles. The number of aromatic nitrogens is 1. The summed E-state index contributed by atoms with van der Waals surface area (Å²) in [5, 5.41) is 6.79. The van der Waals surface area contributed by atoms with E-state index in [0.717, 1.165) is 24.2 Å². The summed E-state index contributed by atoms with van der Waals surface area (Å²) in [4.78, 5) is 12.8. The van der Waals surface area contributed by atoms with E-state index in [1.807, 2.05) is 6.92 Å². The van der Waals surface area contributed by atoms with E-state index >= 15 is 0 Å². The molecule has 0 bridgehead atoms. The number of hydrogen-bond acceptors (Lipinski definition) is 7. The van der Waals surface area contributed by atoms with Crippen LogP contribution < -0.4 is 14.8 Å². The van der Waals surface area contributed by atoms with Crippen LogP contribution in [-0.4, -0.2) is 26.1 Å². The maximum Gasteiger partial charge on any atom is 0.271 e. The summed E-state index contributed by atoms with van der Waals surface area (Å²) in [5.41, 5.74) is 1.51. The maximum absolute atomic E-state index is 12.8. The minimum Gasteiger partial charge on any atom is -0.492 e. The molecule has 0 unspecified atom stereocenters. The zero-order valence-corrected chi connectivity index (χ0v) is 19.3. The number of hydrogen-bond donors (Lipinski definition) is 2. The molecule has 8 nitrogen and oxygen atoms in total. The largest absolute Gasteiger partial charge is 0.492 e. The minimum absolute atomic E-state index is 0.0335. The number of nitrogens with one attached hydrogen (secondary N) is 2. The lowest BCUT2D eigenvalue weighted by Gasteiger charge is -2.11. The van der Waals surface area contributed by atoms with Crippen molar-refractivity contribution in [3.63, 3.8) is 0 Å². The summed E-state index contributed by atoms with van der Waals surface area (Å²) in [7, 11) is -3.78. The first-order valence-corrected chi connectivity index (χ1v) is 12.5. The van der Waals surface area contributed by atoms with Crippen LogP contribution in [0.3, 0.4) is 0 Å². The van der Waals surface area contributed by atoms with E-state index in [0.29, 0.717) is 40.1 Å². The molecule has 0 aliphatic heterocycles. The van der Waals surface area contributed by atoms with Gasteiger partial charge in [0.25, 0.3) is 10.0 Å². The second-order valence-electron chi connectivity index (χ2n) is 7.30. The molecule has 10 heteroatoms. The van der Waals surface area contributed by atoms with E-state index in [2.05, 4.69) is 15.2 Å². The lowest BCUT2D eigenvalue weighted by atomic mass is 10.2. The lowest BCUT2D eigenvalue weighted by molar-refractivity contribution is -0.117. The number of rotatable bonds is 9. The molecule has 0 spiro atoms. The fraction of sp³-hybridized carbons (Fsp3) is 0.273. The highest BCUT2D eigenvalue weighted by Crippen LogP contribution is 2.33. The van der Waals surface area contributed by atoms with Gasteiger partial charge in [-0.3, -0.25) is 9.52 Å². The summed E-state index contributed by atoms with van der Waals surface area (Å²) in [6, 6.07) is 10.1. The van der Waals surface area contributed by atoms with Crippen molar-refractivity contribution in [1.82, 2.24) is 5.16 Å². The SMILES string of the molecule is CCOc1ccccc1NS(=O)(=O)c1ccc(/C=C/c2onc(C)c2NC(=O)C2CC2)s1. The van der Waals surface area contributed by atoms with Crippen LogP contribution >= 0.6 is 11.3 Å². The monoisotopic (exact) mass is 473 g/mol. The molecule has 1 aliphatic carbocycles. The Kier molecular flexibility index (Phi) is 6.33. The molecular weight excluding hydrogens is 450 g/mol. The Bertz CT molecular complexity index is 1260. The molecule has 1 aromatic carbocycles. The molecule has 4 rings (SSSR count). The normalized spacial score (nSPS) is 13.9. The summed E-state index contributed by atoms with van der Waals surface area (Å²) < 4.78 is 39.2. The van der Waals surface area contributed by atoms with Crippen molar-refractivity contribution >= 4 is 50.8 Å². The molecule has 1 amide bonds. The van der Waals surface area contributed by atoms with Crippen molar-refractivity contribution in [1.29, 1.82) is 0 Å². The predicted molar refractivity (Wildman–Crippen MR) is 124 cm³/mol. The number of aryl methyl sites for hydroxylation is 1. The number of thiophene rings is 1. The average molecular weight is 474 g/mol. The number of benzene rings is 1. The number of amides is 1. The molecule has 1 fully saturated rings. The third-order valence-electron chi connectivity index (χ3n) is 4.78. The van der Waals surface area contributed by atoms with E-state index in [1.165, 1.54) is 6.07 Å². The lowest BCUT2D eigenvalue weighted by Crippen LogP contribution is -2.14. The van der Waals surface area contributed by atoms with Crippen molar-refractivity contribution in [3.8, 4) is 5.75 Å². The fourth-order valence-corrected chi connectivity index (χ4v) is 5.28. The van der Waals surface area contributed by atoms with Crippen LogP contribution in [0, 0.1) is 12.8 Å². The van der Waals surface area contributed by atoms with Crippen molar-refractivity contribution in [2.45, 2.75) is 30.9 Å². The third kappa shape index (κ3) is 5.03. The number of nitrogens with zero attached hydrogens (tertiary/aromatic N) is 1. The zero-order valence-electron chi connectivity index (χ0n) is 17.6. The van der Waals surface area contributed by atoms with Gasteiger partial charge in [-0.15, -0.1) is 11.3 Å². The molecule has 2 aromatic heterocycles. The highest BCUT2D eigenvalue weighted by atomic mass is 32.2. The second-order valence-corrected chi connectivity index (χ2v) is 10.3. The van der Waals surface area contributed by atoms with Crippen LogP contribution in [0.15, 0.2) is 45.1 Å². The Morgan fingerprint density at radius 2 is 2.03 bits per heavy atom. The van der Waals surface area contributed by atoms with E-state index in [1.54, 1.807) is 49.4 Å². The molecule has 0 atom stereocenters. The van der Waals surface area contributed by atoms with Crippen molar-refractivity contribution < 1.29 is 22.5 Å². The van der Waals surface area contributed by atoms with Gasteiger partial charge in [0.2, 0.25) is 5.91 Å². The van der Waals surface area contributed by atoms with Crippen LogP contribution in [0.4, 0.5) is 11.4 Å². The van der Waals surface area contributed by atoms with E-state index in [-0.39, 0.29) is 16.0 Å². The van der Waals surface area contributed by atoms with Crippen LogP contribution in [-0.2, 0) is 14.8 Å². The Labute approximate surface area is 190 Å². The maximum atomic E-state index is 12.8. The van der Waals surface area contributed by atoms with Gasteiger partial charge in [0.05, 0.1) is 12.3 Å². The Balaban J connectivity index is 1.50. The van der Waals surface area contributed by atoms with Gasteiger partial charge < -0.3 is 14.6 Å². The molecule has 168 valence electrons. The molecule has 1 saturated carbocycles. The van der Waals surface area contributed by atoms with Crippen molar-refractivity contribution in [3.05, 3.63) is 52.7 Å². The van der Waals surface area contributed by atoms with Gasteiger partial charge in [0.15, 0.2) is 5.76 Å². The Morgan fingerprint density at radius 1 is 1.25 bits per heavy atom. The van der Waals surface area contributed by atoms with Gasteiger partial charge in [0, 0.05) is 10.8 Å². The third-order valence-corrected chi connectivity index (χ3v) is 7.69. The summed E-state index contributed by atoms with van der Waals surface area (Å²) >= 11 is 1.11. The molecule has 3 aromatic rings. The van der Waals surface area contributed by atoms with Crippen molar-refractivity contribution in [2.75, 3.05) is 16.6 Å². The second kappa shape index (κ2) is 9.17. The standard InChI is InChI=1S/C22H23N3O5S2/c1-3-29-18-7-5-4-6-17(18)25-32(27,28)20-13-11-16(31-20)10-12-19-21(14(2)24-30-19)23-22(26)15-8-9-15/h4-7,10-13,15,25H,3,8-9H2,1-2H3,(H,23,26)/b12-10+. The van der Waals surface area contributed by atoms with Crippen LogP contribution in [0.1, 0.15) is 36.1 Å². The number of ether oxygens (including phenoxy) is 1. The molecule has 2 heterocycles. The molecule has 2 N–H and O–H groups in total. The smallest absolute Gasteiger partial charge is 0.271 e. The summed E-state index contributed by atoms with van der Waals surface area (Å²) in [5.74, 6) is 0.912. The first-order chi connectivity index (χ1) is 15.4. The number of sulfonamides is 1. The summed E-state index contributed by atoms with van der Waals surface area (Å²) in [6.45, 7) is 4.02. The molecule has 0 radical (unpaired) electrons. The number of para-hydroxylation sites is 2. The van der Waals surface area contributed by atoms with Crippen molar-refractivity contribution in [2.24, 2.45) is 5.92 Å². The highest BCUT2D eigenvalue weighted by molar-refractivity contribution is 7.94. The molecule has 32 heavy (non-hydrogen) atoms. The first-order valence-electron chi connectivity index (χ1n) is 10.2. The van der Waals surface area contributed by atoms with Gasteiger partial charge in [0.1, 0.15) is 21.3 Å². The predicted octanol–water partition coefficient (Wildman–Crippen LogP) is 4.76. The summed E-state index contributed by atoms with van der Waals surface area (Å²) in [6.07, 6.45) is 5.20. The van der Waals surface area contributed by atoms with Gasteiger partial charge in [-0.1, -0.05) is 17.3 Å². The first kappa shape index (κ1) is 22.1. The van der Waals surface area contributed by atoms with Crippen LogP contribution in [0.2, 0.25) is 0 Å². The Hall–Kier alpha value is -3.11. The number of carbonyl (C=O) groups excluding carboxylic acids is 1. The molecule has 1 aliphatic rings. The number of anilines is 2. The van der Waals surface area contributed by atoms with E-state index in [9.17, 15) is 13.2 Å². The highest BCUT2D eigenvalue weighted by Gasteiger charge is 2.30. The van der Waals surface area contributed by atoms with E-state index in [4.69, 9.17) is 9.26 Å². The number of carbonyl (C=O) groups is 1.